The molecule has 2 aromatic rings. The van der Waals surface area contributed by atoms with E-state index in [0.29, 0.717) is 19.5 Å². The highest BCUT2D eigenvalue weighted by Gasteiger charge is 2.27. The van der Waals surface area contributed by atoms with Crippen molar-refractivity contribution in [3.05, 3.63) is 65.2 Å². The Hall–Kier alpha value is -2.62. The molecule has 0 spiro atoms. The second-order valence-corrected chi connectivity index (χ2v) is 7.84. The van der Waals surface area contributed by atoms with Gasteiger partial charge in [0.2, 0.25) is 5.91 Å². The fourth-order valence-corrected chi connectivity index (χ4v) is 3.87. The maximum atomic E-state index is 12.7. The van der Waals surface area contributed by atoms with Crippen LogP contribution >= 0.6 is 0 Å². The van der Waals surface area contributed by atoms with Gasteiger partial charge in [-0.1, -0.05) is 37.6 Å². The van der Waals surface area contributed by atoms with Crippen LogP contribution in [-0.4, -0.2) is 36.8 Å². The molecule has 0 atom stereocenters. The summed E-state index contributed by atoms with van der Waals surface area (Å²) in [5.74, 6) is 1.06. The molecule has 0 aromatic heterocycles. The molecule has 1 aliphatic rings. The number of piperidine rings is 1. The van der Waals surface area contributed by atoms with Crippen LogP contribution in [0.1, 0.15) is 54.1 Å². The molecule has 2 aromatic carbocycles. The number of carbonyl (C=O) groups is 2. The van der Waals surface area contributed by atoms with E-state index in [2.05, 4.69) is 31.2 Å². The van der Waals surface area contributed by atoms with Gasteiger partial charge in [0.25, 0.3) is 0 Å². The molecule has 0 saturated carbocycles. The average Bonchev–Trinajstić information content (AvgIpc) is 2.78. The Kier molecular flexibility index (Phi) is 7.45. The predicted octanol–water partition coefficient (Wildman–Crippen LogP) is 4.70. The summed E-state index contributed by atoms with van der Waals surface area (Å²) in [6.07, 6.45) is 5.38. The Morgan fingerprint density at radius 3 is 2.17 bits per heavy atom. The summed E-state index contributed by atoms with van der Waals surface area (Å²) < 4.78 is 5.15. The number of aryl methyl sites for hydroxylation is 1. The molecular weight excluding hydrogens is 362 g/mol. The highest BCUT2D eigenvalue weighted by atomic mass is 16.5. The molecule has 0 N–H and O–H groups in total. The molecular formula is C25H31NO3. The molecule has 0 bridgehead atoms. The third-order valence-corrected chi connectivity index (χ3v) is 5.79. The number of benzene rings is 2. The summed E-state index contributed by atoms with van der Waals surface area (Å²) in [5, 5.41) is 0. The van der Waals surface area contributed by atoms with Crippen molar-refractivity contribution >= 4 is 11.7 Å². The summed E-state index contributed by atoms with van der Waals surface area (Å²) in [6, 6.07) is 15.7. The molecule has 0 unspecified atom stereocenters. The number of hydrogen-bond donors (Lipinski definition) is 0. The van der Waals surface area contributed by atoms with E-state index in [4.69, 9.17) is 4.74 Å². The van der Waals surface area contributed by atoms with Gasteiger partial charge in [-0.3, -0.25) is 9.59 Å². The van der Waals surface area contributed by atoms with Crippen LogP contribution in [-0.2, 0) is 17.6 Å². The lowest BCUT2D eigenvalue weighted by Crippen LogP contribution is -2.41. The number of ether oxygens (including phenoxy) is 1. The SMILES string of the molecule is CCCCc1ccc(CC(=O)N2CCC(C(=O)c3ccc(OC)cc3)CC2)cc1. The molecule has 4 heteroatoms. The van der Waals surface area contributed by atoms with Crippen LogP contribution in [0.4, 0.5) is 0 Å². The van der Waals surface area contributed by atoms with Crippen LogP contribution in [0.3, 0.4) is 0 Å². The minimum atomic E-state index is -0.00899. The molecule has 1 amide bonds. The first-order chi connectivity index (χ1) is 14.1. The quantitative estimate of drug-likeness (QED) is 0.611. The number of hydrogen-bond acceptors (Lipinski definition) is 3. The number of carbonyl (C=O) groups excluding carboxylic acids is 2. The molecule has 1 heterocycles. The van der Waals surface area contributed by atoms with E-state index >= 15 is 0 Å². The summed E-state index contributed by atoms with van der Waals surface area (Å²) in [7, 11) is 1.62. The normalized spacial score (nSPS) is 14.6. The van der Waals surface area contributed by atoms with Gasteiger partial charge in [0.05, 0.1) is 13.5 Å². The minimum absolute atomic E-state index is 0.00899. The van der Waals surface area contributed by atoms with Crippen molar-refractivity contribution in [2.24, 2.45) is 5.92 Å². The van der Waals surface area contributed by atoms with Crippen LogP contribution < -0.4 is 4.74 Å². The van der Waals surface area contributed by atoms with E-state index in [1.54, 1.807) is 7.11 Å². The molecule has 4 nitrogen and oxygen atoms in total. The van der Waals surface area contributed by atoms with E-state index < -0.39 is 0 Å². The molecule has 3 rings (SSSR count). The molecule has 1 aliphatic heterocycles. The Morgan fingerprint density at radius 2 is 1.59 bits per heavy atom. The lowest BCUT2D eigenvalue weighted by Gasteiger charge is -2.31. The first kappa shape index (κ1) is 21.1. The Balaban J connectivity index is 1.49. The average molecular weight is 394 g/mol. The lowest BCUT2D eigenvalue weighted by molar-refractivity contribution is -0.131. The first-order valence-corrected chi connectivity index (χ1v) is 10.6. The van der Waals surface area contributed by atoms with Gasteiger partial charge in [0.15, 0.2) is 5.78 Å². The van der Waals surface area contributed by atoms with E-state index in [0.717, 1.165) is 36.1 Å². The largest absolute Gasteiger partial charge is 0.497 e. The number of unbranched alkanes of at least 4 members (excludes halogenated alkanes) is 1. The number of rotatable bonds is 8. The molecule has 0 aliphatic carbocycles. The monoisotopic (exact) mass is 393 g/mol. The van der Waals surface area contributed by atoms with Gasteiger partial charge < -0.3 is 9.64 Å². The van der Waals surface area contributed by atoms with E-state index in [1.165, 1.54) is 18.4 Å². The first-order valence-electron chi connectivity index (χ1n) is 10.6. The summed E-state index contributed by atoms with van der Waals surface area (Å²) in [5.41, 5.74) is 3.12. The van der Waals surface area contributed by atoms with Crippen molar-refractivity contribution in [1.29, 1.82) is 0 Å². The van der Waals surface area contributed by atoms with Gasteiger partial charge in [-0.2, -0.15) is 0 Å². The number of amides is 1. The third-order valence-electron chi connectivity index (χ3n) is 5.79. The third kappa shape index (κ3) is 5.69. The number of methoxy groups -OCH3 is 1. The van der Waals surface area contributed by atoms with Gasteiger partial charge in [-0.05, 0) is 61.1 Å². The van der Waals surface area contributed by atoms with Crippen LogP contribution in [0.2, 0.25) is 0 Å². The molecule has 1 saturated heterocycles. The summed E-state index contributed by atoms with van der Waals surface area (Å²) >= 11 is 0. The zero-order valence-corrected chi connectivity index (χ0v) is 17.5. The fraction of sp³-hybridized carbons (Fsp3) is 0.440. The van der Waals surface area contributed by atoms with Gasteiger partial charge in [0.1, 0.15) is 5.75 Å². The smallest absolute Gasteiger partial charge is 0.226 e. The van der Waals surface area contributed by atoms with Crippen LogP contribution in [0.25, 0.3) is 0 Å². The van der Waals surface area contributed by atoms with Crippen LogP contribution in [0.5, 0.6) is 5.75 Å². The van der Waals surface area contributed by atoms with Crippen molar-refractivity contribution in [1.82, 2.24) is 4.90 Å². The highest BCUT2D eigenvalue weighted by Crippen LogP contribution is 2.23. The van der Waals surface area contributed by atoms with Crippen molar-refractivity contribution in [2.45, 2.75) is 45.4 Å². The van der Waals surface area contributed by atoms with Crippen molar-refractivity contribution in [3.63, 3.8) is 0 Å². The second kappa shape index (κ2) is 10.2. The molecule has 0 radical (unpaired) electrons. The number of likely N-dealkylation sites (tertiary alicyclic amines) is 1. The van der Waals surface area contributed by atoms with Gasteiger partial charge in [-0.25, -0.2) is 0 Å². The molecule has 29 heavy (non-hydrogen) atoms. The topological polar surface area (TPSA) is 46.6 Å². The Labute approximate surface area is 173 Å². The number of Topliss-reactive ketones (excluding diaryl/α,β-unsaturated/α-hetero) is 1. The van der Waals surface area contributed by atoms with Crippen molar-refractivity contribution < 1.29 is 14.3 Å². The van der Waals surface area contributed by atoms with Crippen molar-refractivity contribution in [3.8, 4) is 5.75 Å². The predicted molar refractivity (Wildman–Crippen MR) is 115 cm³/mol. The minimum Gasteiger partial charge on any atom is -0.497 e. The van der Waals surface area contributed by atoms with Crippen LogP contribution in [0.15, 0.2) is 48.5 Å². The lowest BCUT2D eigenvalue weighted by atomic mass is 9.88. The Bertz CT molecular complexity index is 803. The fourth-order valence-electron chi connectivity index (χ4n) is 3.87. The zero-order chi connectivity index (χ0) is 20.6. The Morgan fingerprint density at radius 1 is 0.966 bits per heavy atom. The zero-order valence-electron chi connectivity index (χ0n) is 17.5. The number of nitrogens with zero attached hydrogens (tertiary/aromatic N) is 1. The highest BCUT2D eigenvalue weighted by molar-refractivity contribution is 5.98. The van der Waals surface area contributed by atoms with Gasteiger partial charge >= 0.3 is 0 Å². The van der Waals surface area contributed by atoms with Gasteiger partial charge in [0, 0.05) is 24.6 Å². The van der Waals surface area contributed by atoms with Crippen molar-refractivity contribution in [2.75, 3.05) is 20.2 Å². The van der Waals surface area contributed by atoms with E-state index in [-0.39, 0.29) is 17.6 Å². The maximum absolute atomic E-state index is 12.7. The summed E-state index contributed by atoms with van der Waals surface area (Å²) in [4.78, 5) is 27.3. The van der Waals surface area contributed by atoms with Gasteiger partial charge in [-0.15, -0.1) is 0 Å². The molecule has 154 valence electrons. The van der Waals surface area contributed by atoms with E-state index in [9.17, 15) is 9.59 Å². The second-order valence-electron chi connectivity index (χ2n) is 7.84. The number of ketones is 1. The van der Waals surface area contributed by atoms with E-state index in [1.807, 2.05) is 29.2 Å². The summed E-state index contributed by atoms with van der Waals surface area (Å²) in [6.45, 7) is 3.50. The van der Waals surface area contributed by atoms with Crippen LogP contribution in [0, 0.1) is 5.92 Å². The maximum Gasteiger partial charge on any atom is 0.226 e. The molecule has 1 fully saturated rings. The standard InChI is InChI=1S/C25H31NO3/c1-3-4-5-19-6-8-20(9-7-19)18-24(27)26-16-14-22(15-17-26)25(28)21-10-12-23(29-2)13-11-21/h6-13,22H,3-5,14-18H2,1-2H3.